The van der Waals surface area contributed by atoms with Crippen molar-refractivity contribution in [1.82, 2.24) is 15.2 Å². The van der Waals surface area contributed by atoms with Crippen molar-refractivity contribution in [3.63, 3.8) is 0 Å². The van der Waals surface area contributed by atoms with E-state index in [9.17, 15) is 9.59 Å². The zero-order valence-corrected chi connectivity index (χ0v) is 17.2. The van der Waals surface area contributed by atoms with Crippen LogP contribution in [0.25, 0.3) is 0 Å². The summed E-state index contributed by atoms with van der Waals surface area (Å²) in [7, 11) is 0. The predicted octanol–water partition coefficient (Wildman–Crippen LogP) is 3.40. The molecule has 7 heteroatoms. The monoisotopic (exact) mass is 392 g/mol. The normalized spacial score (nSPS) is 19.7. The number of amides is 2. The number of aromatic nitrogens is 1. The van der Waals surface area contributed by atoms with Crippen LogP contribution in [-0.4, -0.2) is 41.3 Å². The Hall–Kier alpha value is -1.47. The maximum atomic E-state index is 12.1. The molecule has 1 saturated carbocycles. The number of rotatable bonds is 7. The Morgan fingerprint density at radius 1 is 1.15 bits per heavy atom. The van der Waals surface area contributed by atoms with Crippen molar-refractivity contribution in [3.8, 4) is 0 Å². The van der Waals surface area contributed by atoms with Gasteiger partial charge in [0.15, 0.2) is 5.13 Å². The van der Waals surface area contributed by atoms with Crippen LogP contribution in [0.2, 0.25) is 0 Å². The molecule has 27 heavy (non-hydrogen) atoms. The number of piperidine rings is 1. The van der Waals surface area contributed by atoms with E-state index in [4.69, 9.17) is 0 Å². The number of likely N-dealkylation sites (tertiary alicyclic amines) is 1. The largest absolute Gasteiger partial charge is 0.347 e. The van der Waals surface area contributed by atoms with Gasteiger partial charge in [-0.3, -0.25) is 14.5 Å². The molecule has 0 bridgehead atoms. The first-order valence-corrected chi connectivity index (χ1v) is 11.2. The molecular weight excluding hydrogens is 360 g/mol. The quantitative estimate of drug-likeness (QED) is 0.746. The molecule has 1 aromatic rings. The second-order valence-electron chi connectivity index (χ2n) is 8.14. The molecule has 150 valence electrons. The number of thiazole rings is 1. The maximum Gasteiger partial charge on any atom is 0.245 e. The molecule has 0 unspecified atom stereocenters. The molecular formula is C20H32N4O2S. The highest BCUT2D eigenvalue weighted by atomic mass is 32.1. The van der Waals surface area contributed by atoms with Crippen molar-refractivity contribution >= 4 is 28.3 Å². The lowest BCUT2D eigenvalue weighted by atomic mass is 9.87. The van der Waals surface area contributed by atoms with E-state index in [1.165, 1.54) is 43.4 Å². The summed E-state index contributed by atoms with van der Waals surface area (Å²) in [6.07, 6.45) is 9.04. The minimum atomic E-state index is -0.209. The average molecular weight is 393 g/mol. The first kappa shape index (κ1) is 20.3. The molecule has 2 amide bonds. The molecule has 0 radical (unpaired) electrons. The van der Waals surface area contributed by atoms with Gasteiger partial charge in [-0.05, 0) is 50.6 Å². The molecule has 2 aliphatic rings. The fraction of sp³-hybridized carbons (Fsp3) is 0.750. The lowest BCUT2D eigenvalue weighted by molar-refractivity contribution is -0.125. The summed E-state index contributed by atoms with van der Waals surface area (Å²) < 4.78 is 0. The Labute approximate surface area is 166 Å². The topological polar surface area (TPSA) is 74.3 Å². The van der Waals surface area contributed by atoms with Crippen LogP contribution in [0.15, 0.2) is 5.38 Å². The van der Waals surface area contributed by atoms with Gasteiger partial charge < -0.3 is 10.6 Å². The van der Waals surface area contributed by atoms with Crippen molar-refractivity contribution in [2.75, 3.05) is 25.0 Å². The van der Waals surface area contributed by atoms with Gasteiger partial charge >= 0.3 is 0 Å². The number of hydrogen-bond donors (Lipinski definition) is 2. The highest BCUT2D eigenvalue weighted by Crippen LogP contribution is 2.26. The molecule has 2 heterocycles. The second kappa shape index (κ2) is 10.2. The summed E-state index contributed by atoms with van der Waals surface area (Å²) in [5, 5.41) is 8.17. The van der Waals surface area contributed by atoms with Crippen molar-refractivity contribution in [2.24, 2.45) is 11.8 Å². The fourth-order valence-corrected chi connectivity index (χ4v) is 4.67. The molecule has 1 saturated heterocycles. The smallest absolute Gasteiger partial charge is 0.245 e. The zero-order valence-electron chi connectivity index (χ0n) is 16.3. The van der Waals surface area contributed by atoms with Crippen LogP contribution >= 0.6 is 11.3 Å². The number of anilines is 1. The highest BCUT2D eigenvalue weighted by Gasteiger charge is 2.18. The lowest BCUT2D eigenvalue weighted by Crippen LogP contribution is -2.34. The van der Waals surface area contributed by atoms with Gasteiger partial charge in [0.25, 0.3) is 0 Å². The van der Waals surface area contributed by atoms with Gasteiger partial charge in [0.1, 0.15) is 0 Å². The molecule has 2 N–H and O–H groups in total. The van der Waals surface area contributed by atoms with E-state index in [0.717, 1.165) is 44.1 Å². The summed E-state index contributed by atoms with van der Waals surface area (Å²) in [6.45, 7) is 5.41. The zero-order chi connectivity index (χ0) is 19.1. The van der Waals surface area contributed by atoms with E-state index in [1.54, 1.807) is 0 Å². The van der Waals surface area contributed by atoms with Gasteiger partial charge in [-0.15, -0.1) is 11.3 Å². The van der Waals surface area contributed by atoms with Gasteiger partial charge in [0.2, 0.25) is 11.8 Å². The van der Waals surface area contributed by atoms with Gasteiger partial charge in [0.05, 0.1) is 12.2 Å². The number of nitrogens with one attached hydrogen (secondary N) is 2. The highest BCUT2D eigenvalue weighted by molar-refractivity contribution is 7.13. The summed E-state index contributed by atoms with van der Waals surface area (Å²) >= 11 is 1.45. The molecule has 1 aliphatic heterocycles. The van der Waals surface area contributed by atoms with Crippen molar-refractivity contribution in [2.45, 2.75) is 64.8 Å². The minimum absolute atomic E-state index is 0.0174. The van der Waals surface area contributed by atoms with Gasteiger partial charge in [-0.2, -0.15) is 0 Å². The summed E-state index contributed by atoms with van der Waals surface area (Å²) in [5.41, 5.74) is 1.01. The van der Waals surface area contributed by atoms with E-state index >= 15 is 0 Å². The number of carbonyl (C=O) groups is 2. The van der Waals surface area contributed by atoms with Crippen LogP contribution in [0.3, 0.4) is 0 Å². The molecule has 3 rings (SSSR count). The minimum Gasteiger partial charge on any atom is -0.347 e. The van der Waals surface area contributed by atoms with E-state index < -0.39 is 0 Å². The van der Waals surface area contributed by atoms with Gasteiger partial charge in [0, 0.05) is 18.3 Å². The third-order valence-electron chi connectivity index (χ3n) is 5.70. The Balaban J connectivity index is 1.35. The molecule has 6 nitrogen and oxygen atoms in total. The molecule has 0 aromatic carbocycles. The average Bonchev–Trinajstić information content (AvgIpc) is 3.09. The number of carbonyl (C=O) groups excluding carboxylic acids is 2. The SMILES string of the molecule is CC1CCN(Cc2csc(NC(=O)CNC(=O)CC3CCCCC3)n2)CC1. The van der Waals surface area contributed by atoms with Crippen molar-refractivity contribution < 1.29 is 9.59 Å². The van der Waals surface area contributed by atoms with E-state index in [-0.39, 0.29) is 18.4 Å². The standard InChI is InChI=1S/C20H32N4O2S/c1-15-7-9-24(10-8-15)13-17-14-27-20(22-17)23-19(26)12-21-18(25)11-16-5-3-2-4-6-16/h14-16H,2-13H2,1H3,(H,21,25)(H,22,23,26). The predicted molar refractivity (Wildman–Crippen MR) is 109 cm³/mol. The van der Waals surface area contributed by atoms with Crippen LogP contribution < -0.4 is 10.6 Å². The van der Waals surface area contributed by atoms with E-state index in [2.05, 4.69) is 27.4 Å². The van der Waals surface area contributed by atoms with Crippen molar-refractivity contribution in [1.29, 1.82) is 0 Å². The van der Waals surface area contributed by atoms with Crippen LogP contribution in [0.5, 0.6) is 0 Å². The molecule has 0 atom stereocenters. The molecule has 1 aromatic heterocycles. The molecule has 2 fully saturated rings. The number of nitrogens with zero attached hydrogens (tertiary/aromatic N) is 2. The van der Waals surface area contributed by atoms with Crippen LogP contribution in [-0.2, 0) is 16.1 Å². The van der Waals surface area contributed by atoms with Gasteiger partial charge in [-0.1, -0.05) is 26.2 Å². The summed E-state index contributed by atoms with van der Waals surface area (Å²) in [5.74, 6) is 1.08. The Morgan fingerprint density at radius 2 is 1.89 bits per heavy atom. The number of hydrogen-bond acceptors (Lipinski definition) is 5. The molecule has 1 aliphatic carbocycles. The first-order chi connectivity index (χ1) is 13.1. The second-order valence-corrected chi connectivity index (χ2v) is 8.99. The molecule has 0 spiro atoms. The fourth-order valence-electron chi connectivity index (χ4n) is 3.95. The Kier molecular flexibility index (Phi) is 7.64. The maximum absolute atomic E-state index is 12.1. The van der Waals surface area contributed by atoms with Gasteiger partial charge in [-0.25, -0.2) is 4.98 Å². The summed E-state index contributed by atoms with van der Waals surface area (Å²) in [6, 6.07) is 0. The third-order valence-corrected chi connectivity index (χ3v) is 6.51. The van der Waals surface area contributed by atoms with Crippen LogP contribution in [0.1, 0.15) is 64.0 Å². The van der Waals surface area contributed by atoms with Crippen molar-refractivity contribution in [3.05, 3.63) is 11.1 Å². The van der Waals surface area contributed by atoms with Crippen LogP contribution in [0, 0.1) is 11.8 Å². The van der Waals surface area contributed by atoms with E-state index in [0.29, 0.717) is 17.5 Å². The lowest BCUT2D eigenvalue weighted by Gasteiger charge is -2.29. The van der Waals surface area contributed by atoms with E-state index in [1.807, 2.05) is 5.38 Å². The Morgan fingerprint density at radius 3 is 2.63 bits per heavy atom. The van der Waals surface area contributed by atoms with Crippen LogP contribution in [0.4, 0.5) is 5.13 Å². The Bertz CT molecular complexity index is 619. The third kappa shape index (κ3) is 6.88. The first-order valence-electron chi connectivity index (χ1n) is 10.3. The summed E-state index contributed by atoms with van der Waals surface area (Å²) in [4.78, 5) is 31.0.